The Morgan fingerprint density at radius 3 is 2.29 bits per heavy atom. The van der Waals surface area contributed by atoms with Gasteiger partial charge in [0, 0.05) is 19.1 Å². The van der Waals surface area contributed by atoms with E-state index in [0.29, 0.717) is 13.1 Å². The van der Waals surface area contributed by atoms with Crippen LogP contribution in [-0.2, 0) is 11.3 Å². The minimum Gasteiger partial charge on any atom is -0.446 e. The molecule has 0 bridgehead atoms. The van der Waals surface area contributed by atoms with Gasteiger partial charge in [-0.2, -0.15) is 0 Å². The van der Waals surface area contributed by atoms with E-state index in [9.17, 15) is 4.79 Å². The summed E-state index contributed by atoms with van der Waals surface area (Å²) in [6.07, 6.45) is -0.463. The number of benzene rings is 1. The van der Waals surface area contributed by atoms with Crippen LogP contribution in [0.1, 0.15) is 40.2 Å². The van der Waals surface area contributed by atoms with E-state index in [0.717, 1.165) is 5.56 Å². The zero-order valence-electron chi connectivity index (χ0n) is 13.8. The molecule has 1 unspecified atom stereocenters. The third kappa shape index (κ3) is 6.17. The van der Waals surface area contributed by atoms with Crippen molar-refractivity contribution in [3.63, 3.8) is 0 Å². The molecule has 2 atom stereocenters. The van der Waals surface area contributed by atoms with Crippen molar-refractivity contribution in [1.82, 2.24) is 4.90 Å². The summed E-state index contributed by atoms with van der Waals surface area (Å²) < 4.78 is 5.58. The van der Waals surface area contributed by atoms with Crippen LogP contribution in [0, 0.1) is 5.41 Å². The van der Waals surface area contributed by atoms with Crippen molar-refractivity contribution in [2.24, 2.45) is 11.1 Å². The fourth-order valence-corrected chi connectivity index (χ4v) is 1.76. The Labute approximate surface area is 128 Å². The van der Waals surface area contributed by atoms with Crippen LogP contribution < -0.4 is 5.73 Å². The maximum Gasteiger partial charge on any atom is 0.410 e. The van der Waals surface area contributed by atoms with Crippen molar-refractivity contribution >= 4 is 6.09 Å². The van der Waals surface area contributed by atoms with Gasteiger partial charge < -0.3 is 15.4 Å². The highest BCUT2D eigenvalue weighted by molar-refractivity contribution is 5.68. The smallest absolute Gasteiger partial charge is 0.410 e. The first kappa shape index (κ1) is 17.5. The Hall–Kier alpha value is -1.55. The minimum atomic E-state index is -0.307. The Kier molecular flexibility index (Phi) is 6.21. The lowest BCUT2D eigenvalue weighted by Crippen LogP contribution is -2.42. The second-order valence-electron chi connectivity index (χ2n) is 6.74. The fraction of sp³-hybridized carbons (Fsp3) is 0.588. The molecule has 0 aromatic heterocycles. The lowest BCUT2D eigenvalue weighted by atomic mass is 9.90. The quantitative estimate of drug-likeness (QED) is 0.905. The Morgan fingerprint density at radius 1 is 1.24 bits per heavy atom. The van der Waals surface area contributed by atoms with E-state index < -0.39 is 0 Å². The molecule has 0 saturated carbocycles. The van der Waals surface area contributed by atoms with Gasteiger partial charge in [-0.15, -0.1) is 0 Å². The number of carbonyl (C=O) groups excluding carboxylic acids is 1. The van der Waals surface area contributed by atoms with Crippen LogP contribution in [0.15, 0.2) is 30.3 Å². The molecule has 4 nitrogen and oxygen atoms in total. The average Bonchev–Trinajstić information content (AvgIpc) is 2.37. The molecule has 2 N–H and O–H groups in total. The van der Waals surface area contributed by atoms with Gasteiger partial charge in [0.1, 0.15) is 6.10 Å². The molecule has 0 aliphatic carbocycles. The van der Waals surface area contributed by atoms with E-state index >= 15 is 0 Å². The van der Waals surface area contributed by atoms with Gasteiger partial charge in [-0.1, -0.05) is 51.1 Å². The van der Waals surface area contributed by atoms with Crippen LogP contribution in [0.5, 0.6) is 0 Å². The summed E-state index contributed by atoms with van der Waals surface area (Å²) >= 11 is 0. The predicted molar refractivity (Wildman–Crippen MR) is 85.9 cm³/mol. The van der Waals surface area contributed by atoms with E-state index in [1.54, 1.807) is 4.90 Å². The second kappa shape index (κ2) is 7.46. The summed E-state index contributed by atoms with van der Waals surface area (Å²) in [6, 6.07) is 9.78. The molecule has 0 aliphatic rings. The first-order valence-electron chi connectivity index (χ1n) is 7.45. The molecule has 0 saturated heterocycles. The van der Waals surface area contributed by atoms with E-state index in [1.165, 1.54) is 0 Å². The van der Waals surface area contributed by atoms with Crippen molar-refractivity contribution in [2.75, 3.05) is 6.54 Å². The van der Waals surface area contributed by atoms with Gasteiger partial charge in [0.05, 0.1) is 0 Å². The molecule has 0 heterocycles. The molecule has 1 aromatic rings. The number of amides is 1. The number of carbonyl (C=O) groups is 1. The number of hydrogen-bond donors (Lipinski definition) is 1. The summed E-state index contributed by atoms with van der Waals surface area (Å²) in [4.78, 5) is 14.1. The lowest BCUT2D eigenvalue weighted by Gasteiger charge is -2.31. The second-order valence-corrected chi connectivity index (χ2v) is 6.74. The van der Waals surface area contributed by atoms with E-state index in [1.807, 2.05) is 44.2 Å². The molecule has 1 aromatic carbocycles. The Morgan fingerprint density at radius 2 is 1.81 bits per heavy atom. The van der Waals surface area contributed by atoms with E-state index in [2.05, 4.69) is 20.8 Å². The van der Waals surface area contributed by atoms with Crippen molar-refractivity contribution < 1.29 is 9.53 Å². The summed E-state index contributed by atoms with van der Waals surface area (Å²) in [7, 11) is 0. The number of rotatable bonds is 5. The maximum atomic E-state index is 12.4. The zero-order chi connectivity index (χ0) is 16.0. The van der Waals surface area contributed by atoms with Gasteiger partial charge in [0.2, 0.25) is 0 Å². The van der Waals surface area contributed by atoms with Crippen molar-refractivity contribution in [3.8, 4) is 0 Å². The van der Waals surface area contributed by atoms with Gasteiger partial charge in [-0.05, 0) is 24.8 Å². The molecule has 0 fully saturated rings. The monoisotopic (exact) mass is 292 g/mol. The SMILES string of the molecule is CC(N)CN(Cc1ccccc1)C(=O)O[C@H](C)C(C)(C)C. The molecular weight excluding hydrogens is 264 g/mol. The summed E-state index contributed by atoms with van der Waals surface area (Å²) in [5.74, 6) is 0. The molecule has 0 spiro atoms. The first-order chi connectivity index (χ1) is 9.70. The number of nitrogens with zero attached hydrogens (tertiary/aromatic N) is 1. The molecule has 4 heteroatoms. The van der Waals surface area contributed by atoms with Crippen molar-refractivity contribution in [2.45, 2.75) is 53.3 Å². The van der Waals surface area contributed by atoms with Gasteiger partial charge in [0.15, 0.2) is 0 Å². The highest BCUT2D eigenvalue weighted by atomic mass is 16.6. The Bertz CT molecular complexity index is 438. The van der Waals surface area contributed by atoms with Crippen molar-refractivity contribution in [3.05, 3.63) is 35.9 Å². The summed E-state index contributed by atoms with van der Waals surface area (Å²) in [5.41, 5.74) is 6.84. The van der Waals surface area contributed by atoms with Crippen LogP contribution in [0.25, 0.3) is 0 Å². The number of ether oxygens (including phenoxy) is 1. The van der Waals surface area contributed by atoms with Gasteiger partial charge in [-0.25, -0.2) is 4.79 Å². The van der Waals surface area contributed by atoms with Crippen LogP contribution in [0.4, 0.5) is 4.79 Å². The number of nitrogens with two attached hydrogens (primary N) is 1. The highest BCUT2D eigenvalue weighted by Crippen LogP contribution is 2.22. The van der Waals surface area contributed by atoms with Gasteiger partial charge >= 0.3 is 6.09 Å². The summed E-state index contributed by atoms with van der Waals surface area (Å²) in [5, 5.41) is 0. The standard InChI is InChI=1S/C17H28N2O2/c1-13(18)11-19(12-15-9-7-6-8-10-15)16(20)21-14(2)17(3,4)5/h6-10,13-14H,11-12,18H2,1-5H3/t13?,14-/m1/s1. The molecule has 118 valence electrons. The molecule has 1 amide bonds. The van der Waals surface area contributed by atoms with Crippen LogP contribution >= 0.6 is 0 Å². The molecular formula is C17H28N2O2. The maximum absolute atomic E-state index is 12.4. The topological polar surface area (TPSA) is 55.6 Å². The molecule has 21 heavy (non-hydrogen) atoms. The lowest BCUT2D eigenvalue weighted by molar-refractivity contribution is 0.0182. The third-order valence-electron chi connectivity index (χ3n) is 3.48. The average molecular weight is 292 g/mol. The van der Waals surface area contributed by atoms with Gasteiger partial charge in [0.25, 0.3) is 0 Å². The summed E-state index contributed by atoms with van der Waals surface area (Å²) in [6.45, 7) is 11.0. The van der Waals surface area contributed by atoms with Gasteiger partial charge in [-0.3, -0.25) is 0 Å². The zero-order valence-corrected chi connectivity index (χ0v) is 13.8. The molecule has 0 radical (unpaired) electrons. The number of hydrogen-bond acceptors (Lipinski definition) is 3. The van der Waals surface area contributed by atoms with E-state index in [4.69, 9.17) is 10.5 Å². The predicted octanol–water partition coefficient (Wildman–Crippen LogP) is 3.41. The van der Waals surface area contributed by atoms with Crippen molar-refractivity contribution in [1.29, 1.82) is 0 Å². The Balaban J connectivity index is 2.75. The normalized spacial score (nSPS) is 14.4. The fourth-order valence-electron chi connectivity index (χ4n) is 1.76. The third-order valence-corrected chi connectivity index (χ3v) is 3.48. The minimum absolute atomic E-state index is 0.0809. The van der Waals surface area contributed by atoms with Crippen LogP contribution in [-0.4, -0.2) is 29.7 Å². The largest absolute Gasteiger partial charge is 0.446 e. The van der Waals surface area contributed by atoms with Crippen LogP contribution in [0.2, 0.25) is 0 Å². The molecule has 0 aliphatic heterocycles. The highest BCUT2D eigenvalue weighted by Gasteiger charge is 2.26. The molecule has 1 rings (SSSR count). The van der Waals surface area contributed by atoms with Crippen LogP contribution in [0.3, 0.4) is 0 Å². The first-order valence-corrected chi connectivity index (χ1v) is 7.45. The van der Waals surface area contributed by atoms with E-state index in [-0.39, 0.29) is 23.7 Å².